The Balaban J connectivity index is 1.70. The van der Waals surface area contributed by atoms with E-state index in [2.05, 4.69) is 57.9 Å². The number of aromatic nitrogens is 4. The molecule has 3 aromatic carbocycles. The van der Waals surface area contributed by atoms with Gasteiger partial charge in [0.05, 0.1) is 18.1 Å². The molecule has 30 heavy (non-hydrogen) atoms. The quantitative estimate of drug-likeness (QED) is 0.442. The third kappa shape index (κ3) is 2.84. The number of hydrogen-bond donors (Lipinski definition) is 0. The van der Waals surface area contributed by atoms with Gasteiger partial charge in [0.1, 0.15) is 11.6 Å². The molecule has 0 aliphatic carbocycles. The highest BCUT2D eigenvalue weighted by atomic mass is 16.5. The van der Waals surface area contributed by atoms with E-state index < -0.39 is 0 Å². The number of ether oxygens (including phenoxy) is 1. The third-order valence-corrected chi connectivity index (χ3v) is 5.62. The summed E-state index contributed by atoms with van der Waals surface area (Å²) in [7, 11) is 5.65. The van der Waals surface area contributed by atoms with Crippen molar-refractivity contribution in [2.75, 3.05) is 26.1 Å². The van der Waals surface area contributed by atoms with E-state index >= 15 is 0 Å². The second-order valence-corrected chi connectivity index (χ2v) is 7.73. The van der Waals surface area contributed by atoms with Gasteiger partial charge < -0.3 is 9.64 Å². The number of methoxy groups -OCH3 is 1. The van der Waals surface area contributed by atoms with Crippen molar-refractivity contribution < 1.29 is 4.74 Å². The van der Waals surface area contributed by atoms with E-state index in [1.54, 1.807) is 7.11 Å². The van der Waals surface area contributed by atoms with Gasteiger partial charge in [0.25, 0.3) is 0 Å². The van der Waals surface area contributed by atoms with Crippen molar-refractivity contribution in [2.24, 2.45) is 0 Å². The van der Waals surface area contributed by atoms with Crippen LogP contribution in [-0.4, -0.2) is 40.8 Å². The minimum atomic E-state index is 0.0623. The molecule has 6 nitrogen and oxygen atoms in total. The Morgan fingerprint density at radius 2 is 1.70 bits per heavy atom. The molecule has 5 aromatic rings. The summed E-state index contributed by atoms with van der Waals surface area (Å²) in [6.07, 6.45) is 0. The summed E-state index contributed by atoms with van der Waals surface area (Å²) in [5.74, 6) is 2.64. The van der Waals surface area contributed by atoms with Crippen molar-refractivity contribution in [2.45, 2.75) is 12.8 Å². The Bertz CT molecular complexity index is 1390. The Morgan fingerprint density at radius 3 is 2.50 bits per heavy atom. The maximum atomic E-state index is 5.35. The zero-order valence-electron chi connectivity index (χ0n) is 17.5. The molecule has 1 atom stereocenters. The summed E-state index contributed by atoms with van der Waals surface area (Å²) in [5.41, 5.74) is 3.89. The highest BCUT2D eigenvalue weighted by Crippen LogP contribution is 2.31. The Kier molecular flexibility index (Phi) is 4.28. The number of hydrogen-bond acceptors (Lipinski definition) is 5. The summed E-state index contributed by atoms with van der Waals surface area (Å²) >= 11 is 0. The Hall–Kier alpha value is -3.67. The zero-order chi connectivity index (χ0) is 20.8. The minimum Gasteiger partial charge on any atom is -0.497 e. The van der Waals surface area contributed by atoms with Crippen LogP contribution >= 0.6 is 0 Å². The lowest BCUT2D eigenvalue weighted by molar-refractivity contribution is 0.415. The van der Waals surface area contributed by atoms with E-state index in [9.17, 15) is 0 Å². The first-order valence-electron chi connectivity index (χ1n) is 9.95. The number of anilines is 1. The first kappa shape index (κ1) is 18.4. The van der Waals surface area contributed by atoms with Crippen molar-refractivity contribution >= 4 is 33.3 Å². The van der Waals surface area contributed by atoms with E-state index in [4.69, 9.17) is 9.72 Å². The molecule has 5 rings (SSSR count). The fourth-order valence-corrected chi connectivity index (χ4v) is 3.96. The van der Waals surface area contributed by atoms with Gasteiger partial charge in [-0.1, -0.05) is 43.3 Å². The maximum absolute atomic E-state index is 5.35. The van der Waals surface area contributed by atoms with Crippen LogP contribution in [-0.2, 0) is 0 Å². The smallest absolute Gasteiger partial charge is 0.204 e. The molecular weight excluding hydrogens is 374 g/mol. The fraction of sp³-hybridized carbons (Fsp3) is 0.208. The summed E-state index contributed by atoms with van der Waals surface area (Å²) in [6, 6.07) is 20.8. The zero-order valence-corrected chi connectivity index (χ0v) is 17.5. The molecule has 0 aliphatic heterocycles. The van der Waals surface area contributed by atoms with E-state index in [-0.39, 0.29) is 5.92 Å². The van der Waals surface area contributed by atoms with Gasteiger partial charge in [-0.15, -0.1) is 10.2 Å². The average molecular weight is 397 g/mol. The molecule has 0 aliphatic rings. The van der Waals surface area contributed by atoms with Crippen LogP contribution in [0.15, 0.2) is 60.7 Å². The van der Waals surface area contributed by atoms with Gasteiger partial charge in [0, 0.05) is 20.0 Å². The lowest BCUT2D eigenvalue weighted by Gasteiger charge is -2.16. The van der Waals surface area contributed by atoms with Gasteiger partial charge in [-0.05, 0) is 40.6 Å². The Morgan fingerprint density at radius 1 is 0.933 bits per heavy atom. The molecule has 150 valence electrons. The van der Waals surface area contributed by atoms with E-state index in [1.807, 2.05) is 43.3 Å². The van der Waals surface area contributed by atoms with Gasteiger partial charge in [-0.3, -0.25) is 4.40 Å². The van der Waals surface area contributed by atoms with Crippen LogP contribution in [0.2, 0.25) is 0 Å². The van der Waals surface area contributed by atoms with Gasteiger partial charge in [-0.25, -0.2) is 4.98 Å². The van der Waals surface area contributed by atoms with Gasteiger partial charge >= 0.3 is 0 Å². The SMILES string of the molecule is COc1ccc2cc([C@@H](C)c3nnc4c(N(C)C)nc5ccccc5n34)ccc2c1. The lowest BCUT2D eigenvalue weighted by Crippen LogP contribution is -2.13. The molecule has 2 aromatic heterocycles. The topological polar surface area (TPSA) is 55.6 Å². The van der Waals surface area contributed by atoms with Crippen LogP contribution in [0.1, 0.15) is 24.2 Å². The molecule has 0 spiro atoms. The van der Waals surface area contributed by atoms with Crippen molar-refractivity contribution in [1.82, 2.24) is 19.6 Å². The second-order valence-electron chi connectivity index (χ2n) is 7.73. The molecule has 0 fully saturated rings. The maximum Gasteiger partial charge on any atom is 0.204 e. The molecule has 0 amide bonds. The lowest BCUT2D eigenvalue weighted by atomic mass is 9.97. The normalized spacial score (nSPS) is 12.5. The molecule has 2 heterocycles. The van der Waals surface area contributed by atoms with Crippen molar-refractivity contribution in [3.8, 4) is 5.75 Å². The monoisotopic (exact) mass is 397 g/mol. The highest BCUT2D eigenvalue weighted by Gasteiger charge is 2.21. The highest BCUT2D eigenvalue weighted by molar-refractivity contribution is 5.85. The number of benzene rings is 3. The van der Waals surface area contributed by atoms with Gasteiger partial charge in [0.2, 0.25) is 5.65 Å². The summed E-state index contributed by atoms with van der Waals surface area (Å²) < 4.78 is 7.49. The molecule has 0 radical (unpaired) electrons. The molecule has 0 saturated carbocycles. The number of nitrogens with zero attached hydrogens (tertiary/aromatic N) is 5. The van der Waals surface area contributed by atoms with E-state index in [0.717, 1.165) is 39.5 Å². The molecule has 0 unspecified atom stereocenters. The van der Waals surface area contributed by atoms with E-state index in [0.29, 0.717) is 0 Å². The van der Waals surface area contributed by atoms with Crippen LogP contribution in [0.4, 0.5) is 5.82 Å². The predicted octanol–water partition coefficient (Wildman–Crippen LogP) is 4.66. The first-order chi connectivity index (χ1) is 14.6. The van der Waals surface area contributed by atoms with Crippen molar-refractivity contribution in [3.05, 3.63) is 72.1 Å². The molecule has 0 bridgehead atoms. The summed E-state index contributed by atoms with van der Waals surface area (Å²) in [4.78, 5) is 6.78. The van der Waals surface area contributed by atoms with Crippen molar-refractivity contribution in [1.29, 1.82) is 0 Å². The predicted molar refractivity (Wildman–Crippen MR) is 121 cm³/mol. The van der Waals surface area contributed by atoms with Crippen LogP contribution in [0, 0.1) is 0 Å². The van der Waals surface area contributed by atoms with Crippen LogP contribution < -0.4 is 9.64 Å². The largest absolute Gasteiger partial charge is 0.497 e. The minimum absolute atomic E-state index is 0.0623. The fourth-order valence-electron chi connectivity index (χ4n) is 3.96. The van der Waals surface area contributed by atoms with Gasteiger partial charge in [-0.2, -0.15) is 0 Å². The van der Waals surface area contributed by atoms with Crippen LogP contribution in [0.25, 0.3) is 27.5 Å². The summed E-state index contributed by atoms with van der Waals surface area (Å²) in [6.45, 7) is 2.17. The van der Waals surface area contributed by atoms with Crippen LogP contribution in [0.3, 0.4) is 0 Å². The molecule has 6 heteroatoms. The average Bonchev–Trinajstić information content (AvgIpc) is 3.22. The third-order valence-electron chi connectivity index (χ3n) is 5.62. The Labute approximate surface area is 174 Å². The number of fused-ring (bicyclic) bond motifs is 4. The summed E-state index contributed by atoms with van der Waals surface area (Å²) in [5, 5.41) is 11.4. The molecule has 0 N–H and O–H groups in total. The van der Waals surface area contributed by atoms with Crippen LogP contribution in [0.5, 0.6) is 5.75 Å². The standard InChI is InChI=1S/C24H23N5O/c1-15(16-9-10-18-14-19(30-4)12-11-17(18)13-16)22-26-27-24-23(28(2)3)25-20-7-5-6-8-21(20)29(22)24/h5-15H,1-4H3/t15-/m1/s1. The second kappa shape index (κ2) is 6.99. The molecular formula is C24H23N5O. The first-order valence-corrected chi connectivity index (χ1v) is 9.95. The number of para-hydroxylation sites is 2. The van der Waals surface area contributed by atoms with Gasteiger partial charge in [0.15, 0.2) is 5.82 Å². The van der Waals surface area contributed by atoms with Crippen molar-refractivity contribution in [3.63, 3.8) is 0 Å². The molecule has 0 saturated heterocycles. The van der Waals surface area contributed by atoms with E-state index in [1.165, 1.54) is 10.9 Å². The number of rotatable bonds is 4.